The summed E-state index contributed by atoms with van der Waals surface area (Å²) in [4.78, 5) is 20.4. The van der Waals surface area contributed by atoms with Crippen molar-refractivity contribution in [3.8, 4) is 11.4 Å². The lowest BCUT2D eigenvalue weighted by Gasteiger charge is -2.10. The first kappa shape index (κ1) is 13.7. The number of fused-ring (bicyclic) bond motifs is 1. The molecule has 2 aromatic heterocycles. The van der Waals surface area contributed by atoms with Crippen LogP contribution in [0.1, 0.15) is 6.92 Å². The third kappa shape index (κ3) is 2.92. The zero-order valence-corrected chi connectivity index (χ0v) is 12.9. The summed E-state index contributed by atoms with van der Waals surface area (Å²) < 4.78 is 0.939. The van der Waals surface area contributed by atoms with E-state index in [4.69, 9.17) is 0 Å². The van der Waals surface area contributed by atoms with E-state index in [1.54, 1.807) is 6.20 Å². The molecule has 0 fully saturated rings. The highest BCUT2D eigenvalue weighted by atomic mass is 79.9. The SMILES string of the molecule is CC(=O)Nc1cc(-c2ccccn2)nc2ccc(Br)cc12. The average Bonchev–Trinajstić information content (AvgIpc) is 2.48. The highest BCUT2D eigenvalue weighted by Crippen LogP contribution is 2.29. The summed E-state index contributed by atoms with van der Waals surface area (Å²) in [7, 11) is 0. The highest BCUT2D eigenvalue weighted by Gasteiger charge is 2.09. The summed E-state index contributed by atoms with van der Waals surface area (Å²) >= 11 is 3.44. The van der Waals surface area contributed by atoms with Crippen LogP contribution in [-0.4, -0.2) is 15.9 Å². The van der Waals surface area contributed by atoms with E-state index in [1.165, 1.54) is 6.92 Å². The van der Waals surface area contributed by atoms with Gasteiger partial charge in [-0.3, -0.25) is 9.78 Å². The Morgan fingerprint density at radius 2 is 2.00 bits per heavy atom. The van der Waals surface area contributed by atoms with Gasteiger partial charge in [0.1, 0.15) is 0 Å². The van der Waals surface area contributed by atoms with E-state index in [9.17, 15) is 4.79 Å². The van der Waals surface area contributed by atoms with Crippen LogP contribution < -0.4 is 5.32 Å². The second-order valence-corrected chi connectivity index (χ2v) is 5.53. The number of amides is 1. The van der Waals surface area contributed by atoms with Crippen molar-refractivity contribution in [1.82, 2.24) is 9.97 Å². The Morgan fingerprint density at radius 3 is 2.71 bits per heavy atom. The van der Waals surface area contributed by atoms with E-state index in [1.807, 2.05) is 42.5 Å². The van der Waals surface area contributed by atoms with Crippen LogP contribution in [0.25, 0.3) is 22.3 Å². The van der Waals surface area contributed by atoms with Crippen molar-refractivity contribution >= 4 is 38.4 Å². The molecule has 21 heavy (non-hydrogen) atoms. The lowest BCUT2D eigenvalue weighted by atomic mass is 10.1. The molecule has 0 saturated heterocycles. The van der Waals surface area contributed by atoms with Gasteiger partial charge >= 0.3 is 0 Å². The fraction of sp³-hybridized carbons (Fsp3) is 0.0625. The van der Waals surface area contributed by atoms with Crippen LogP contribution in [0.3, 0.4) is 0 Å². The molecular weight excluding hydrogens is 330 g/mol. The molecule has 2 heterocycles. The molecule has 1 aromatic carbocycles. The summed E-state index contributed by atoms with van der Waals surface area (Å²) in [5, 5.41) is 3.75. The summed E-state index contributed by atoms with van der Waals surface area (Å²) in [5.74, 6) is -0.116. The lowest BCUT2D eigenvalue weighted by Crippen LogP contribution is -2.07. The van der Waals surface area contributed by atoms with E-state index in [0.717, 1.165) is 32.5 Å². The van der Waals surface area contributed by atoms with Crippen LogP contribution in [0.5, 0.6) is 0 Å². The smallest absolute Gasteiger partial charge is 0.221 e. The van der Waals surface area contributed by atoms with Crippen LogP contribution in [0.2, 0.25) is 0 Å². The molecule has 0 spiro atoms. The summed E-state index contributed by atoms with van der Waals surface area (Å²) in [6, 6.07) is 13.3. The molecule has 0 unspecified atom stereocenters. The van der Waals surface area contributed by atoms with Gasteiger partial charge in [-0.15, -0.1) is 0 Å². The number of nitrogens with one attached hydrogen (secondary N) is 1. The van der Waals surface area contributed by atoms with Gasteiger partial charge in [-0.05, 0) is 36.4 Å². The predicted octanol–water partition coefficient (Wildman–Crippen LogP) is 4.02. The maximum absolute atomic E-state index is 11.4. The third-order valence-corrected chi connectivity index (χ3v) is 3.50. The molecule has 5 heteroatoms. The number of nitrogens with zero attached hydrogens (tertiary/aromatic N) is 2. The fourth-order valence-electron chi connectivity index (χ4n) is 2.14. The van der Waals surface area contributed by atoms with Gasteiger partial charge in [-0.1, -0.05) is 22.0 Å². The topological polar surface area (TPSA) is 54.9 Å². The van der Waals surface area contributed by atoms with Gasteiger partial charge < -0.3 is 5.32 Å². The van der Waals surface area contributed by atoms with E-state index in [2.05, 4.69) is 31.2 Å². The minimum Gasteiger partial charge on any atom is -0.326 e. The molecular formula is C16H12BrN3O. The van der Waals surface area contributed by atoms with Crippen LogP contribution in [0, 0.1) is 0 Å². The largest absolute Gasteiger partial charge is 0.326 e. The first-order valence-corrected chi connectivity index (χ1v) is 7.22. The first-order chi connectivity index (χ1) is 10.1. The van der Waals surface area contributed by atoms with Crippen LogP contribution >= 0.6 is 15.9 Å². The molecule has 0 aliphatic rings. The van der Waals surface area contributed by atoms with E-state index >= 15 is 0 Å². The van der Waals surface area contributed by atoms with E-state index < -0.39 is 0 Å². The van der Waals surface area contributed by atoms with Gasteiger partial charge in [0, 0.05) is 23.0 Å². The quantitative estimate of drug-likeness (QED) is 0.765. The summed E-state index contributed by atoms with van der Waals surface area (Å²) in [6.45, 7) is 1.49. The Kier molecular flexibility index (Phi) is 3.66. The molecule has 1 N–H and O–H groups in total. The van der Waals surface area contributed by atoms with Crippen molar-refractivity contribution < 1.29 is 4.79 Å². The van der Waals surface area contributed by atoms with Gasteiger partial charge in [0.25, 0.3) is 0 Å². The number of aromatic nitrogens is 2. The van der Waals surface area contributed by atoms with Gasteiger partial charge in [-0.2, -0.15) is 0 Å². The Hall–Kier alpha value is -2.27. The number of hydrogen-bond acceptors (Lipinski definition) is 3. The number of pyridine rings is 2. The maximum atomic E-state index is 11.4. The second-order valence-electron chi connectivity index (χ2n) is 4.61. The number of carbonyl (C=O) groups excluding carboxylic acids is 1. The molecule has 3 rings (SSSR count). The Morgan fingerprint density at radius 1 is 1.14 bits per heavy atom. The molecule has 3 aromatic rings. The summed E-state index contributed by atoms with van der Waals surface area (Å²) in [5.41, 5.74) is 3.04. The number of halogens is 1. The van der Waals surface area contributed by atoms with Gasteiger partial charge in [0.05, 0.1) is 22.6 Å². The number of anilines is 1. The first-order valence-electron chi connectivity index (χ1n) is 6.43. The van der Waals surface area contributed by atoms with Crippen molar-refractivity contribution in [3.63, 3.8) is 0 Å². The molecule has 0 atom stereocenters. The predicted molar refractivity (Wildman–Crippen MR) is 87.0 cm³/mol. The molecule has 0 saturated carbocycles. The van der Waals surface area contributed by atoms with Crippen LogP contribution in [0.4, 0.5) is 5.69 Å². The third-order valence-electron chi connectivity index (χ3n) is 3.01. The van der Waals surface area contributed by atoms with Gasteiger partial charge in [0.2, 0.25) is 5.91 Å². The number of benzene rings is 1. The minimum absolute atomic E-state index is 0.116. The van der Waals surface area contributed by atoms with Crippen molar-refractivity contribution in [1.29, 1.82) is 0 Å². The fourth-order valence-corrected chi connectivity index (χ4v) is 2.50. The molecule has 4 nitrogen and oxygen atoms in total. The van der Waals surface area contributed by atoms with Crippen molar-refractivity contribution in [2.45, 2.75) is 6.92 Å². The molecule has 0 radical (unpaired) electrons. The van der Waals surface area contributed by atoms with Crippen molar-refractivity contribution in [3.05, 3.63) is 53.1 Å². The number of rotatable bonds is 2. The number of hydrogen-bond donors (Lipinski definition) is 1. The van der Waals surface area contributed by atoms with E-state index in [0.29, 0.717) is 0 Å². The summed E-state index contributed by atoms with van der Waals surface area (Å²) in [6.07, 6.45) is 1.72. The highest BCUT2D eigenvalue weighted by molar-refractivity contribution is 9.10. The van der Waals surface area contributed by atoms with Gasteiger partial charge in [-0.25, -0.2) is 4.98 Å². The van der Waals surface area contributed by atoms with Gasteiger partial charge in [0.15, 0.2) is 0 Å². The average molecular weight is 342 g/mol. The molecule has 1 amide bonds. The second kappa shape index (κ2) is 5.61. The standard InChI is InChI=1S/C16H12BrN3O/c1-10(21)19-15-9-16(14-4-2-3-7-18-14)20-13-6-5-11(17)8-12(13)15/h2-9H,1H3,(H,19,20,21). The zero-order valence-electron chi connectivity index (χ0n) is 11.3. The Bertz CT molecular complexity index is 818. The number of carbonyl (C=O) groups is 1. The lowest BCUT2D eigenvalue weighted by molar-refractivity contribution is -0.114. The normalized spacial score (nSPS) is 10.6. The Labute approximate surface area is 130 Å². The minimum atomic E-state index is -0.116. The maximum Gasteiger partial charge on any atom is 0.221 e. The monoisotopic (exact) mass is 341 g/mol. The molecule has 0 aliphatic carbocycles. The van der Waals surface area contributed by atoms with Crippen LogP contribution in [-0.2, 0) is 4.79 Å². The van der Waals surface area contributed by atoms with Crippen molar-refractivity contribution in [2.24, 2.45) is 0 Å². The van der Waals surface area contributed by atoms with E-state index in [-0.39, 0.29) is 5.91 Å². The molecule has 0 aliphatic heterocycles. The van der Waals surface area contributed by atoms with Crippen molar-refractivity contribution in [2.75, 3.05) is 5.32 Å². The molecule has 0 bridgehead atoms. The molecule has 104 valence electrons. The Balaban J connectivity index is 2.24. The zero-order chi connectivity index (χ0) is 14.8. The van der Waals surface area contributed by atoms with Crippen LogP contribution in [0.15, 0.2) is 53.1 Å².